The van der Waals surface area contributed by atoms with Crippen LogP contribution in [0.4, 0.5) is 0 Å². The van der Waals surface area contributed by atoms with Gasteiger partial charge in [0.25, 0.3) is 0 Å². The highest BCUT2D eigenvalue weighted by molar-refractivity contribution is 6.09. The Kier molecular flexibility index (Phi) is 3.60. The topological polar surface area (TPSA) is 32.8 Å². The summed E-state index contributed by atoms with van der Waals surface area (Å²) < 4.78 is 0. The molecule has 1 atom stereocenters. The molecule has 6 rings (SSSR count). The first-order chi connectivity index (χ1) is 14.3. The van der Waals surface area contributed by atoms with Crippen LogP contribution in [0.3, 0.4) is 0 Å². The first-order valence-electron chi connectivity index (χ1n) is 10.3. The zero-order valence-corrected chi connectivity index (χ0v) is 16.1. The quantitative estimate of drug-likeness (QED) is 0.287. The largest absolute Gasteiger partial charge is 0.290 e. The molecule has 0 saturated heterocycles. The second-order valence-corrected chi connectivity index (χ2v) is 8.06. The van der Waals surface area contributed by atoms with Crippen molar-refractivity contribution < 1.29 is 5.11 Å². The van der Waals surface area contributed by atoms with Crippen molar-refractivity contribution in [2.45, 2.75) is 25.2 Å². The molecule has 0 amide bonds. The summed E-state index contributed by atoms with van der Waals surface area (Å²) in [6, 6.07) is 27.1. The molecular weight excluding hydrogens is 354 g/mol. The molecule has 0 bridgehead atoms. The van der Waals surface area contributed by atoms with Gasteiger partial charge in [0.2, 0.25) is 0 Å². The van der Waals surface area contributed by atoms with Crippen LogP contribution in [0.1, 0.15) is 35.6 Å². The molecule has 0 saturated carbocycles. The second-order valence-electron chi connectivity index (χ2n) is 8.06. The van der Waals surface area contributed by atoms with E-state index in [1.807, 2.05) is 12.1 Å². The Balaban J connectivity index is 1.60. The van der Waals surface area contributed by atoms with Gasteiger partial charge in [-0.25, -0.2) is 0 Å². The Hall–Kier alpha value is -3.39. The average Bonchev–Trinajstić information content (AvgIpc) is 2.78. The van der Waals surface area contributed by atoms with Gasteiger partial charge >= 0.3 is 0 Å². The molecule has 1 aliphatic carbocycles. The lowest BCUT2D eigenvalue weighted by atomic mass is 9.77. The van der Waals surface area contributed by atoms with Crippen molar-refractivity contribution >= 4 is 32.4 Å². The number of benzene rings is 4. The van der Waals surface area contributed by atoms with Crippen molar-refractivity contribution in [3.8, 4) is 5.75 Å². The van der Waals surface area contributed by atoms with Crippen LogP contribution in [0.15, 0.2) is 78.9 Å². The molecule has 139 valence electrons. The fraction of sp³-hybridized carbons (Fsp3) is 0.148. The van der Waals surface area contributed by atoms with Gasteiger partial charge in [-0.2, -0.15) is 0 Å². The maximum atomic E-state index is 11.7. The average molecular weight is 374 g/mol. The molecule has 1 radical (unpaired) electrons. The van der Waals surface area contributed by atoms with Crippen molar-refractivity contribution in [2.75, 3.05) is 0 Å². The Bertz CT molecular complexity index is 1400. The van der Waals surface area contributed by atoms with Gasteiger partial charge in [0, 0.05) is 17.0 Å². The van der Waals surface area contributed by atoms with Gasteiger partial charge in [-0.1, -0.05) is 54.6 Å². The standard InChI is InChI=1S/C27H20NO/c29-20-11-15-25-19(16-20)10-14-26(28-25)24-7-3-5-18-9-12-22-21-6-2-1-4-17(21)8-13-23(22)27(18)24/h1-2,4,6,8-16,24H,3,5,7H2. The van der Waals surface area contributed by atoms with Crippen LogP contribution < -0.4 is 0 Å². The molecule has 1 unspecified atom stereocenters. The third kappa shape index (κ3) is 2.60. The van der Waals surface area contributed by atoms with E-state index in [2.05, 4.69) is 54.6 Å². The maximum Gasteiger partial charge on any atom is 0.179 e. The van der Waals surface area contributed by atoms with Crippen molar-refractivity contribution in [2.24, 2.45) is 0 Å². The van der Waals surface area contributed by atoms with Gasteiger partial charge in [0.1, 0.15) is 0 Å². The number of hydrogen-bond acceptors (Lipinski definition) is 1. The summed E-state index contributed by atoms with van der Waals surface area (Å²) in [6.07, 6.45) is 3.41. The first kappa shape index (κ1) is 16.6. The minimum Gasteiger partial charge on any atom is -0.290 e. The predicted octanol–water partition coefficient (Wildman–Crippen LogP) is 7.15. The summed E-state index contributed by atoms with van der Waals surface area (Å²) in [7, 11) is 0. The minimum atomic E-state index is 0.0351. The van der Waals surface area contributed by atoms with Gasteiger partial charge in [0.15, 0.2) is 5.75 Å². The summed E-state index contributed by atoms with van der Waals surface area (Å²) >= 11 is 0. The van der Waals surface area contributed by atoms with Gasteiger partial charge in [0.05, 0.1) is 5.52 Å². The Morgan fingerprint density at radius 3 is 2.59 bits per heavy atom. The number of aryl methyl sites for hydroxylation is 1. The number of hydrogen-bond donors (Lipinski definition) is 0. The van der Waals surface area contributed by atoms with Crippen molar-refractivity contribution in [3.05, 3.63) is 95.7 Å². The van der Waals surface area contributed by atoms with E-state index in [4.69, 9.17) is 4.98 Å². The van der Waals surface area contributed by atoms with E-state index in [9.17, 15) is 5.11 Å². The lowest BCUT2D eigenvalue weighted by Gasteiger charge is -2.27. The first-order valence-corrected chi connectivity index (χ1v) is 10.3. The van der Waals surface area contributed by atoms with Crippen LogP contribution in [0.2, 0.25) is 0 Å². The minimum absolute atomic E-state index is 0.0351. The molecule has 4 aromatic carbocycles. The summed E-state index contributed by atoms with van der Waals surface area (Å²) in [5, 5.41) is 17.8. The predicted molar refractivity (Wildman–Crippen MR) is 118 cm³/mol. The Morgan fingerprint density at radius 1 is 0.759 bits per heavy atom. The van der Waals surface area contributed by atoms with E-state index < -0.39 is 0 Å². The third-order valence-electron chi connectivity index (χ3n) is 6.38. The highest BCUT2D eigenvalue weighted by Crippen LogP contribution is 2.42. The van der Waals surface area contributed by atoms with Crippen LogP contribution in [-0.2, 0) is 11.5 Å². The monoisotopic (exact) mass is 374 g/mol. The molecule has 1 aliphatic rings. The van der Waals surface area contributed by atoms with Gasteiger partial charge in [-0.05, 0) is 76.2 Å². The lowest BCUT2D eigenvalue weighted by molar-refractivity contribution is 0.355. The van der Waals surface area contributed by atoms with E-state index in [1.54, 1.807) is 12.1 Å². The molecule has 0 spiro atoms. The SMILES string of the molecule is [O]c1ccc2nc(C3CCCc4ccc5c(ccc6ccccc65)c43)ccc2c1. The summed E-state index contributed by atoms with van der Waals surface area (Å²) in [5.74, 6) is 0.327. The van der Waals surface area contributed by atoms with Crippen LogP contribution in [0.25, 0.3) is 32.4 Å². The van der Waals surface area contributed by atoms with E-state index in [0.29, 0.717) is 5.92 Å². The fourth-order valence-corrected chi connectivity index (χ4v) is 5.04. The molecular formula is C27H20NO. The van der Waals surface area contributed by atoms with Gasteiger partial charge < -0.3 is 0 Å². The molecule has 0 fully saturated rings. The molecule has 1 aromatic heterocycles. The summed E-state index contributed by atoms with van der Waals surface area (Å²) in [5.41, 5.74) is 4.89. The number of fused-ring (bicyclic) bond motifs is 6. The van der Waals surface area contributed by atoms with E-state index in [1.165, 1.54) is 39.1 Å². The van der Waals surface area contributed by atoms with Crippen LogP contribution in [-0.4, -0.2) is 4.98 Å². The Labute approximate surface area is 169 Å². The number of nitrogens with zero attached hydrogens (tertiary/aromatic N) is 1. The smallest absolute Gasteiger partial charge is 0.179 e. The molecule has 0 N–H and O–H groups in total. The second kappa shape index (κ2) is 6.31. The number of aromatic nitrogens is 1. The van der Waals surface area contributed by atoms with E-state index >= 15 is 0 Å². The fourth-order valence-electron chi connectivity index (χ4n) is 5.04. The summed E-state index contributed by atoms with van der Waals surface area (Å²) in [4.78, 5) is 4.97. The molecule has 2 heteroatoms. The third-order valence-corrected chi connectivity index (χ3v) is 6.38. The molecule has 29 heavy (non-hydrogen) atoms. The van der Waals surface area contributed by atoms with Crippen LogP contribution in [0, 0.1) is 0 Å². The molecule has 0 aliphatic heterocycles. The highest BCUT2D eigenvalue weighted by Gasteiger charge is 2.25. The maximum absolute atomic E-state index is 11.7. The molecule has 5 aromatic rings. The van der Waals surface area contributed by atoms with Gasteiger partial charge in [-0.3, -0.25) is 10.1 Å². The zero-order chi connectivity index (χ0) is 19.4. The molecule has 1 heterocycles. The van der Waals surface area contributed by atoms with Crippen LogP contribution >= 0.6 is 0 Å². The normalized spacial score (nSPS) is 16.3. The summed E-state index contributed by atoms with van der Waals surface area (Å²) in [6.45, 7) is 0. The van der Waals surface area contributed by atoms with Crippen LogP contribution in [0.5, 0.6) is 5.75 Å². The highest BCUT2D eigenvalue weighted by atomic mass is 16.3. The zero-order valence-electron chi connectivity index (χ0n) is 16.1. The van der Waals surface area contributed by atoms with Crippen molar-refractivity contribution in [3.63, 3.8) is 0 Å². The van der Waals surface area contributed by atoms with Gasteiger partial charge in [-0.15, -0.1) is 0 Å². The lowest BCUT2D eigenvalue weighted by Crippen LogP contribution is -2.13. The molecule has 2 nitrogen and oxygen atoms in total. The van der Waals surface area contributed by atoms with E-state index in [0.717, 1.165) is 29.4 Å². The van der Waals surface area contributed by atoms with E-state index in [-0.39, 0.29) is 5.75 Å². The Morgan fingerprint density at radius 2 is 1.62 bits per heavy atom. The van der Waals surface area contributed by atoms with Crippen molar-refractivity contribution in [1.82, 2.24) is 4.98 Å². The van der Waals surface area contributed by atoms with Crippen molar-refractivity contribution in [1.29, 1.82) is 0 Å². The number of rotatable bonds is 1. The number of pyridine rings is 1.